The Bertz CT molecular complexity index is 717. The second kappa shape index (κ2) is 6.91. The highest BCUT2D eigenvalue weighted by atomic mass is 16.5. The van der Waals surface area contributed by atoms with E-state index in [0.29, 0.717) is 10.4 Å². The van der Waals surface area contributed by atoms with Crippen molar-refractivity contribution >= 4 is 18.4 Å². The molecular weight excluding hydrogens is 304 g/mol. The number of aliphatic carboxylic acids is 1. The Balaban J connectivity index is 2.62. The van der Waals surface area contributed by atoms with Gasteiger partial charge in [-0.1, -0.05) is 24.3 Å². The number of carbonyl (C=O) groups is 1. The zero-order chi connectivity index (χ0) is 17.9. The van der Waals surface area contributed by atoms with Crippen molar-refractivity contribution in [2.24, 2.45) is 0 Å². The summed E-state index contributed by atoms with van der Waals surface area (Å²) in [6.45, 7) is 10.8. The molecule has 0 saturated heterocycles. The minimum absolute atomic E-state index is 0.251. The zero-order valence-corrected chi connectivity index (χ0v) is 14.5. The monoisotopic (exact) mass is 328 g/mol. The number of carboxylic acid groups (broad SMARTS) is 1. The fourth-order valence-electron chi connectivity index (χ4n) is 3.37. The fraction of sp³-hybridized carbons (Fsp3) is 0.368. The average Bonchev–Trinajstić information content (AvgIpc) is 2.55. The molecule has 0 aromatic heterocycles. The third-order valence-corrected chi connectivity index (χ3v) is 4.65. The fourth-order valence-corrected chi connectivity index (χ4v) is 3.37. The molecule has 5 nitrogen and oxygen atoms in total. The van der Waals surface area contributed by atoms with E-state index in [2.05, 4.69) is 11.6 Å². The van der Waals surface area contributed by atoms with Crippen LogP contribution in [0.2, 0.25) is 0 Å². The van der Waals surface area contributed by atoms with Crippen molar-refractivity contribution in [2.45, 2.75) is 32.6 Å². The molecule has 1 aliphatic carbocycles. The summed E-state index contributed by atoms with van der Waals surface area (Å²) in [5, 5.41) is 21.6. The summed E-state index contributed by atoms with van der Waals surface area (Å²) in [7, 11) is 0. The second-order valence-electron chi connectivity index (χ2n) is 6.02. The van der Waals surface area contributed by atoms with Gasteiger partial charge in [0.05, 0.1) is 0 Å². The molecule has 1 unspecified atom stereocenters. The van der Waals surface area contributed by atoms with Crippen LogP contribution < -0.4 is 4.90 Å². The van der Waals surface area contributed by atoms with Crippen LogP contribution in [-0.2, 0) is 10.2 Å². The molecule has 0 amide bonds. The van der Waals surface area contributed by atoms with Crippen molar-refractivity contribution in [3.63, 3.8) is 0 Å². The van der Waals surface area contributed by atoms with Crippen LogP contribution in [0.4, 0.5) is 5.69 Å². The number of hydrogen-bond acceptors (Lipinski definition) is 3. The van der Waals surface area contributed by atoms with Gasteiger partial charge in [0.2, 0.25) is 5.70 Å². The standard InChI is InChI=1S/C19H24N2O3/c1-5-21(6-2)17-10-8-7-9-15(17)19(18(22)23)12-11-16(20(4)24)14(3)13-19/h7-12H,4-6,13H2,1-3H3,(H,22,23). The first-order valence-corrected chi connectivity index (χ1v) is 8.12. The van der Waals surface area contributed by atoms with Gasteiger partial charge in [-0.15, -0.1) is 0 Å². The summed E-state index contributed by atoms with van der Waals surface area (Å²) in [6.07, 6.45) is 3.45. The Morgan fingerprint density at radius 1 is 1.38 bits per heavy atom. The number of benzene rings is 1. The molecule has 128 valence electrons. The normalized spacial score (nSPS) is 20.1. The van der Waals surface area contributed by atoms with Gasteiger partial charge in [0.25, 0.3) is 0 Å². The number of nitrogens with zero attached hydrogens (tertiary/aromatic N) is 2. The van der Waals surface area contributed by atoms with E-state index in [4.69, 9.17) is 0 Å². The number of anilines is 1. The summed E-state index contributed by atoms with van der Waals surface area (Å²) >= 11 is 0. The molecule has 1 N–H and O–H groups in total. The average molecular weight is 328 g/mol. The predicted octanol–water partition coefficient (Wildman–Crippen LogP) is 3.30. The molecule has 1 aromatic rings. The molecule has 1 atom stereocenters. The quantitative estimate of drug-likeness (QED) is 0.376. The molecule has 0 bridgehead atoms. The molecular formula is C19H24N2O3. The molecule has 5 heteroatoms. The molecule has 0 heterocycles. The van der Waals surface area contributed by atoms with E-state index >= 15 is 0 Å². The van der Waals surface area contributed by atoms with Crippen molar-refractivity contribution in [2.75, 3.05) is 18.0 Å². The highest BCUT2D eigenvalue weighted by molar-refractivity contribution is 5.88. The van der Waals surface area contributed by atoms with E-state index in [0.717, 1.165) is 29.9 Å². The topological polar surface area (TPSA) is 66.6 Å². The summed E-state index contributed by atoms with van der Waals surface area (Å²) < 4.78 is 0.536. The van der Waals surface area contributed by atoms with Gasteiger partial charge in [0, 0.05) is 30.4 Å². The molecule has 0 fully saturated rings. The van der Waals surface area contributed by atoms with E-state index in [1.54, 1.807) is 19.1 Å². The summed E-state index contributed by atoms with van der Waals surface area (Å²) in [5.41, 5.74) is 1.63. The minimum atomic E-state index is -1.18. The Morgan fingerprint density at radius 2 is 2.00 bits per heavy atom. The highest BCUT2D eigenvalue weighted by Gasteiger charge is 2.43. The van der Waals surface area contributed by atoms with Gasteiger partial charge < -0.3 is 15.2 Å². The van der Waals surface area contributed by atoms with Crippen molar-refractivity contribution in [3.8, 4) is 0 Å². The van der Waals surface area contributed by atoms with Gasteiger partial charge in [0.15, 0.2) is 0 Å². The van der Waals surface area contributed by atoms with E-state index in [9.17, 15) is 15.1 Å². The summed E-state index contributed by atoms with van der Waals surface area (Å²) in [5.74, 6) is -0.918. The summed E-state index contributed by atoms with van der Waals surface area (Å²) in [6, 6.07) is 7.60. The lowest BCUT2D eigenvalue weighted by atomic mass is 9.72. The lowest BCUT2D eigenvalue weighted by Gasteiger charge is -2.34. The first-order valence-electron chi connectivity index (χ1n) is 8.12. The van der Waals surface area contributed by atoms with Crippen LogP contribution in [0, 0.1) is 5.21 Å². The summed E-state index contributed by atoms with van der Waals surface area (Å²) in [4.78, 5) is 14.4. The molecule has 0 aliphatic heterocycles. The first kappa shape index (κ1) is 17.8. The minimum Gasteiger partial charge on any atom is -0.619 e. The van der Waals surface area contributed by atoms with Crippen molar-refractivity contribution < 1.29 is 14.6 Å². The van der Waals surface area contributed by atoms with Crippen molar-refractivity contribution in [1.29, 1.82) is 0 Å². The third kappa shape index (κ3) is 2.94. The van der Waals surface area contributed by atoms with Crippen LogP contribution >= 0.6 is 0 Å². The van der Waals surface area contributed by atoms with Crippen molar-refractivity contribution in [1.82, 2.24) is 0 Å². The Morgan fingerprint density at radius 3 is 2.50 bits per heavy atom. The van der Waals surface area contributed by atoms with Gasteiger partial charge in [0.1, 0.15) is 12.1 Å². The Kier molecular flexibility index (Phi) is 5.12. The Labute approximate surface area is 142 Å². The van der Waals surface area contributed by atoms with Crippen LogP contribution in [0.5, 0.6) is 0 Å². The van der Waals surface area contributed by atoms with Crippen LogP contribution in [-0.4, -0.2) is 35.6 Å². The lowest BCUT2D eigenvalue weighted by molar-refractivity contribution is -0.386. The number of carboxylic acids is 1. The number of para-hydroxylation sites is 1. The van der Waals surface area contributed by atoms with Gasteiger partial charge in [-0.3, -0.25) is 4.79 Å². The van der Waals surface area contributed by atoms with Gasteiger partial charge in [-0.2, -0.15) is 4.74 Å². The number of hydroxylamine groups is 1. The molecule has 24 heavy (non-hydrogen) atoms. The highest BCUT2D eigenvalue weighted by Crippen LogP contribution is 2.42. The molecule has 0 saturated carbocycles. The SMILES string of the molecule is C=[N+]([O-])C1=C(C)CC(C(=O)O)(c2ccccc2N(CC)CC)C=C1. The van der Waals surface area contributed by atoms with E-state index in [1.807, 2.05) is 38.1 Å². The maximum Gasteiger partial charge on any atom is 0.318 e. The molecule has 0 spiro atoms. The second-order valence-corrected chi connectivity index (χ2v) is 6.02. The first-order chi connectivity index (χ1) is 11.4. The smallest absolute Gasteiger partial charge is 0.318 e. The van der Waals surface area contributed by atoms with Gasteiger partial charge in [-0.25, -0.2) is 0 Å². The van der Waals surface area contributed by atoms with E-state index < -0.39 is 11.4 Å². The van der Waals surface area contributed by atoms with Gasteiger partial charge in [-0.05, 0) is 38.8 Å². The zero-order valence-electron chi connectivity index (χ0n) is 14.5. The Hall–Kier alpha value is -2.56. The number of rotatable bonds is 6. The molecule has 1 aromatic carbocycles. The van der Waals surface area contributed by atoms with Crippen LogP contribution in [0.15, 0.2) is 47.7 Å². The lowest BCUT2D eigenvalue weighted by Crippen LogP contribution is -2.38. The molecule has 2 rings (SSSR count). The van der Waals surface area contributed by atoms with E-state index in [-0.39, 0.29) is 6.42 Å². The van der Waals surface area contributed by atoms with Crippen LogP contribution in [0.25, 0.3) is 0 Å². The van der Waals surface area contributed by atoms with Gasteiger partial charge >= 0.3 is 5.97 Å². The molecule has 1 aliphatic rings. The van der Waals surface area contributed by atoms with Crippen LogP contribution in [0.1, 0.15) is 32.8 Å². The van der Waals surface area contributed by atoms with E-state index in [1.165, 1.54) is 0 Å². The maximum atomic E-state index is 12.3. The van der Waals surface area contributed by atoms with Crippen LogP contribution in [0.3, 0.4) is 0 Å². The molecule has 0 radical (unpaired) electrons. The number of hydrogen-bond donors (Lipinski definition) is 1. The third-order valence-electron chi connectivity index (χ3n) is 4.65. The van der Waals surface area contributed by atoms with Crippen molar-refractivity contribution in [3.05, 3.63) is 58.5 Å². The number of allylic oxidation sites excluding steroid dienone is 2. The maximum absolute atomic E-state index is 12.3. The largest absolute Gasteiger partial charge is 0.619 e. The predicted molar refractivity (Wildman–Crippen MR) is 96.5 cm³/mol.